The zero-order valence-electron chi connectivity index (χ0n) is 10.7. The number of hydrogen-bond acceptors (Lipinski definition) is 4. The van der Waals surface area contributed by atoms with Gasteiger partial charge >= 0.3 is 0 Å². The SMILES string of the molecule is CCC(C)(C(O)c1cc(Cl)cnc1N)N(C)C. The Hall–Kier alpha value is -0.840. The van der Waals surface area contributed by atoms with Crippen molar-refractivity contribution in [1.82, 2.24) is 9.88 Å². The molecular formula is C12H20ClN3O. The maximum absolute atomic E-state index is 10.5. The molecule has 0 aliphatic heterocycles. The molecule has 2 atom stereocenters. The van der Waals surface area contributed by atoms with Gasteiger partial charge in [0.05, 0.1) is 5.02 Å². The van der Waals surface area contributed by atoms with Crippen molar-refractivity contribution in [3.63, 3.8) is 0 Å². The first-order valence-electron chi connectivity index (χ1n) is 5.59. The molecule has 1 aromatic heterocycles. The van der Waals surface area contributed by atoms with Crippen molar-refractivity contribution in [3.05, 3.63) is 22.8 Å². The molecule has 0 aromatic carbocycles. The molecule has 0 fully saturated rings. The molecule has 0 saturated heterocycles. The summed E-state index contributed by atoms with van der Waals surface area (Å²) in [5.74, 6) is 0.323. The Labute approximate surface area is 107 Å². The standard InChI is InChI=1S/C12H20ClN3O/c1-5-12(2,16(3)4)10(17)9-6-8(13)7-15-11(9)14/h6-7,10,17H,5H2,1-4H3,(H2,14,15). The van der Waals surface area contributed by atoms with Crippen LogP contribution in [0, 0.1) is 0 Å². The number of nitrogens with two attached hydrogens (primary N) is 1. The molecule has 0 bridgehead atoms. The highest BCUT2D eigenvalue weighted by atomic mass is 35.5. The second-order valence-corrected chi connectivity index (χ2v) is 5.07. The molecule has 0 amide bonds. The van der Waals surface area contributed by atoms with Gasteiger partial charge in [-0.2, -0.15) is 0 Å². The van der Waals surface area contributed by atoms with Crippen LogP contribution >= 0.6 is 11.6 Å². The van der Waals surface area contributed by atoms with E-state index in [1.54, 1.807) is 6.07 Å². The second-order valence-electron chi connectivity index (χ2n) is 4.64. The number of aliphatic hydroxyl groups is 1. The predicted octanol–water partition coefficient (Wildman–Crippen LogP) is 2.08. The number of rotatable bonds is 4. The monoisotopic (exact) mass is 257 g/mol. The van der Waals surface area contributed by atoms with E-state index in [0.29, 0.717) is 16.4 Å². The first kappa shape index (κ1) is 14.2. The molecule has 3 N–H and O–H groups in total. The summed E-state index contributed by atoms with van der Waals surface area (Å²) >= 11 is 5.89. The molecule has 17 heavy (non-hydrogen) atoms. The summed E-state index contributed by atoms with van der Waals surface area (Å²) in [6.45, 7) is 4.01. The summed E-state index contributed by atoms with van der Waals surface area (Å²) < 4.78 is 0. The molecule has 2 unspecified atom stereocenters. The van der Waals surface area contributed by atoms with Crippen LogP contribution in [0.3, 0.4) is 0 Å². The molecule has 0 saturated carbocycles. The highest BCUT2D eigenvalue weighted by Gasteiger charge is 2.35. The number of hydrogen-bond donors (Lipinski definition) is 2. The Morgan fingerprint density at radius 1 is 1.59 bits per heavy atom. The number of pyridine rings is 1. The van der Waals surface area contributed by atoms with Gasteiger partial charge in [0, 0.05) is 17.3 Å². The van der Waals surface area contributed by atoms with Gasteiger partial charge < -0.3 is 15.7 Å². The number of aromatic nitrogens is 1. The summed E-state index contributed by atoms with van der Waals surface area (Å²) in [6, 6.07) is 1.67. The van der Waals surface area contributed by atoms with E-state index in [4.69, 9.17) is 17.3 Å². The van der Waals surface area contributed by atoms with Crippen LogP contribution in [0.15, 0.2) is 12.3 Å². The van der Waals surface area contributed by atoms with E-state index in [0.717, 1.165) is 6.42 Å². The number of likely N-dealkylation sites (N-methyl/N-ethyl adjacent to an activating group) is 1. The Bertz CT molecular complexity index is 397. The number of halogens is 1. The number of anilines is 1. The summed E-state index contributed by atoms with van der Waals surface area (Å²) in [7, 11) is 3.86. The first-order chi connectivity index (χ1) is 7.82. The topological polar surface area (TPSA) is 62.4 Å². The van der Waals surface area contributed by atoms with Crippen LogP contribution in [-0.2, 0) is 0 Å². The van der Waals surface area contributed by atoms with Crippen LogP contribution in [0.5, 0.6) is 0 Å². The van der Waals surface area contributed by atoms with Gasteiger partial charge in [0.2, 0.25) is 0 Å². The number of nitrogen functional groups attached to an aromatic ring is 1. The van der Waals surface area contributed by atoms with Crippen molar-refractivity contribution in [2.24, 2.45) is 0 Å². The number of nitrogens with zero attached hydrogens (tertiary/aromatic N) is 2. The Kier molecular flexibility index (Phi) is 4.36. The predicted molar refractivity (Wildman–Crippen MR) is 71.0 cm³/mol. The first-order valence-corrected chi connectivity index (χ1v) is 5.97. The zero-order valence-corrected chi connectivity index (χ0v) is 11.5. The molecule has 5 heteroatoms. The zero-order chi connectivity index (χ0) is 13.2. The average Bonchev–Trinajstić information content (AvgIpc) is 2.30. The fraction of sp³-hybridized carbons (Fsp3) is 0.583. The van der Waals surface area contributed by atoms with Gasteiger partial charge in [-0.15, -0.1) is 0 Å². The van der Waals surface area contributed by atoms with E-state index in [-0.39, 0.29) is 0 Å². The van der Waals surface area contributed by atoms with Crippen molar-refractivity contribution in [2.75, 3.05) is 19.8 Å². The molecule has 0 aliphatic carbocycles. The van der Waals surface area contributed by atoms with Crippen molar-refractivity contribution in [2.45, 2.75) is 31.9 Å². The van der Waals surface area contributed by atoms with Crippen molar-refractivity contribution in [1.29, 1.82) is 0 Å². The third kappa shape index (κ3) is 2.70. The van der Waals surface area contributed by atoms with Gasteiger partial charge in [0.15, 0.2) is 0 Å². The lowest BCUT2D eigenvalue weighted by molar-refractivity contribution is 0.00117. The smallest absolute Gasteiger partial charge is 0.129 e. The van der Waals surface area contributed by atoms with Crippen molar-refractivity contribution < 1.29 is 5.11 Å². The molecule has 0 aliphatic rings. The second kappa shape index (κ2) is 5.21. The Morgan fingerprint density at radius 3 is 2.65 bits per heavy atom. The van der Waals surface area contributed by atoms with Crippen LogP contribution in [-0.4, -0.2) is 34.6 Å². The van der Waals surface area contributed by atoms with Crippen LogP contribution in [0.4, 0.5) is 5.82 Å². The highest BCUT2D eigenvalue weighted by molar-refractivity contribution is 6.30. The van der Waals surface area contributed by atoms with Crippen molar-refractivity contribution in [3.8, 4) is 0 Å². The number of aliphatic hydroxyl groups excluding tert-OH is 1. The van der Waals surface area contributed by atoms with Gasteiger partial charge in [-0.25, -0.2) is 4.98 Å². The lowest BCUT2D eigenvalue weighted by Gasteiger charge is -2.40. The summed E-state index contributed by atoms with van der Waals surface area (Å²) in [5, 5.41) is 11.0. The lowest BCUT2D eigenvalue weighted by Crippen LogP contribution is -2.46. The van der Waals surface area contributed by atoms with Gasteiger partial charge in [-0.1, -0.05) is 18.5 Å². The van der Waals surface area contributed by atoms with Crippen LogP contribution in [0.2, 0.25) is 5.02 Å². The van der Waals surface area contributed by atoms with E-state index in [2.05, 4.69) is 4.98 Å². The Morgan fingerprint density at radius 2 is 2.18 bits per heavy atom. The molecule has 1 rings (SSSR count). The third-order valence-electron chi connectivity index (χ3n) is 3.54. The van der Waals surface area contributed by atoms with Crippen molar-refractivity contribution >= 4 is 17.4 Å². The van der Waals surface area contributed by atoms with E-state index >= 15 is 0 Å². The van der Waals surface area contributed by atoms with Crippen LogP contribution in [0.1, 0.15) is 31.9 Å². The fourth-order valence-electron chi connectivity index (χ4n) is 1.77. The molecule has 96 valence electrons. The largest absolute Gasteiger partial charge is 0.386 e. The molecule has 4 nitrogen and oxygen atoms in total. The lowest BCUT2D eigenvalue weighted by atomic mass is 9.86. The van der Waals surface area contributed by atoms with Gasteiger partial charge in [0.25, 0.3) is 0 Å². The molecule has 1 heterocycles. The van der Waals surface area contributed by atoms with E-state index < -0.39 is 11.6 Å². The van der Waals surface area contributed by atoms with Crippen LogP contribution in [0.25, 0.3) is 0 Å². The third-order valence-corrected chi connectivity index (χ3v) is 3.74. The average molecular weight is 258 g/mol. The molecule has 0 radical (unpaired) electrons. The summed E-state index contributed by atoms with van der Waals surface area (Å²) in [6.07, 6.45) is 1.54. The Balaban J connectivity index is 3.18. The van der Waals surface area contributed by atoms with Gasteiger partial charge in [-0.3, -0.25) is 0 Å². The minimum absolute atomic E-state index is 0.323. The van der Waals surface area contributed by atoms with Gasteiger partial charge in [0.1, 0.15) is 11.9 Å². The summed E-state index contributed by atoms with van der Waals surface area (Å²) in [5.41, 5.74) is 5.97. The van der Waals surface area contributed by atoms with E-state index in [9.17, 15) is 5.11 Å². The fourth-order valence-corrected chi connectivity index (χ4v) is 1.94. The normalized spacial score (nSPS) is 16.9. The molecular weight excluding hydrogens is 238 g/mol. The minimum atomic E-state index is -0.728. The highest BCUT2D eigenvalue weighted by Crippen LogP contribution is 2.35. The quantitative estimate of drug-likeness (QED) is 0.867. The van der Waals surface area contributed by atoms with Gasteiger partial charge in [-0.05, 0) is 33.5 Å². The summed E-state index contributed by atoms with van der Waals surface area (Å²) in [4.78, 5) is 5.96. The maximum Gasteiger partial charge on any atom is 0.129 e. The maximum atomic E-state index is 10.5. The van der Waals surface area contributed by atoms with E-state index in [1.165, 1.54) is 6.20 Å². The minimum Gasteiger partial charge on any atom is -0.386 e. The molecule has 0 spiro atoms. The van der Waals surface area contributed by atoms with Crippen LogP contribution < -0.4 is 5.73 Å². The molecule has 1 aromatic rings. The van der Waals surface area contributed by atoms with E-state index in [1.807, 2.05) is 32.8 Å².